The zero-order chi connectivity index (χ0) is 10.2. The van der Waals surface area contributed by atoms with Crippen molar-refractivity contribution in [3.8, 4) is 0 Å². The molecule has 14 heavy (non-hydrogen) atoms. The average Bonchev–Trinajstić information content (AvgIpc) is 2.75. The van der Waals surface area contributed by atoms with E-state index < -0.39 is 0 Å². The number of halogens is 1. The first-order valence-electron chi connectivity index (χ1n) is 5.13. The lowest BCUT2D eigenvalue weighted by Crippen LogP contribution is -2.27. The zero-order valence-corrected chi connectivity index (χ0v) is 10.2. The summed E-state index contributed by atoms with van der Waals surface area (Å²) in [6.45, 7) is 5.43. The first-order chi connectivity index (χ1) is 6.67. The summed E-state index contributed by atoms with van der Waals surface area (Å²) in [5.74, 6) is 1.05. The maximum absolute atomic E-state index is 5.54. The molecule has 3 heteroatoms. The first-order valence-corrected chi connectivity index (χ1v) is 5.93. The van der Waals surface area contributed by atoms with E-state index >= 15 is 0 Å². The molecule has 0 saturated heterocycles. The summed E-state index contributed by atoms with van der Waals surface area (Å²) in [7, 11) is 0. The summed E-state index contributed by atoms with van der Waals surface area (Å²) < 4.78 is 6.62. The number of nitrogens with one attached hydrogen (secondary N) is 1. The Labute approximate surface area is 93.2 Å². The van der Waals surface area contributed by atoms with Gasteiger partial charge in [-0.15, -0.1) is 0 Å². The van der Waals surface area contributed by atoms with E-state index in [1.807, 2.05) is 6.07 Å². The van der Waals surface area contributed by atoms with E-state index in [1.165, 1.54) is 12.8 Å². The standard InChI is InChI=1S/C11H16BrNO/c1-3-13-10(11(2)5-6-11)9-8(12)4-7-14-9/h4,7,10,13H,3,5-6H2,1-2H3. The largest absolute Gasteiger partial charge is 0.466 e. The smallest absolute Gasteiger partial charge is 0.135 e. The van der Waals surface area contributed by atoms with Crippen LogP contribution in [-0.2, 0) is 0 Å². The first kappa shape index (κ1) is 10.2. The van der Waals surface area contributed by atoms with Crippen molar-refractivity contribution in [2.45, 2.75) is 32.7 Å². The molecule has 0 aliphatic heterocycles. The molecule has 1 aliphatic carbocycles. The average molecular weight is 258 g/mol. The van der Waals surface area contributed by atoms with Crippen LogP contribution < -0.4 is 5.32 Å². The Morgan fingerprint density at radius 1 is 1.64 bits per heavy atom. The van der Waals surface area contributed by atoms with E-state index in [2.05, 4.69) is 35.1 Å². The van der Waals surface area contributed by atoms with Crippen molar-refractivity contribution in [1.82, 2.24) is 5.32 Å². The third-order valence-corrected chi connectivity index (χ3v) is 3.71. The number of furan rings is 1. The molecular formula is C11H16BrNO. The highest BCUT2D eigenvalue weighted by Crippen LogP contribution is 2.55. The Balaban J connectivity index is 2.23. The quantitative estimate of drug-likeness (QED) is 0.894. The van der Waals surface area contributed by atoms with Crippen molar-refractivity contribution in [2.75, 3.05) is 6.54 Å². The van der Waals surface area contributed by atoms with Crippen molar-refractivity contribution >= 4 is 15.9 Å². The van der Waals surface area contributed by atoms with Gasteiger partial charge in [0.05, 0.1) is 16.8 Å². The fourth-order valence-corrected chi connectivity index (χ4v) is 2.29. The van der Waals surface area contributed by atoms with Crippen molar-refractivity contribution in [3.05, 3.63) is 22.6 Å². The van der Waals surface area contributed by atoms with Gasteiger partial charge in [-0.05, 0) is 46.8 Å². The lowest BCUT2D eigenvalue weighted by Gasteiger charge is -2.22. The normalized spacial score (nSPS) is 20.8. The second-order valence-corrected chi connectivity index (χ2v) is 5.13. The van der Waals surface area contributed by atoms with Crippen LogP contribution in [0.5, 0.6) is 0 Å². The monoisotopic (exact) mass is 257 g/mol. The van der Waals surface area contributed by atoms with Crippen LogP contribution in [0.4, 0.5) is 0 Å². The molecule has 2 nitrogen and oxygen atoms in total. The molecule has 1 unspecified atom stereocenters. The minimum Gasteiger partial charge on any atom is -0.466 e. The SMILES string of the molecule is CCNC(c1occc1Br)C1(C)CC1. The van der Waals surface area contributed by atoms with E-state index in [9.17, 15) is 0 Å². The fraction of sp³-hybridized carbons (Fsp3) is 0.636. The van der Waals surface area contributed by atoms with Gasteiger partial charge in [-0.1, -0.05) is 13.8 Å². The summed E-state index contributed by atoms with van der Waals surface area (Å²) in [5, 5.41) is 3.50. The Morgan fingerprint density at radius 3 is 2.79 bits per heavy atom. The molecule has 1 aromatic heterocycles. The summed E-state index contributed by atoms with van der Waals surface area (Å²) in [4.78, 5) is 0. The van der Waals surface area contributed by atoms with Gasteiger partial charge in [-0.25, -0.2) is 0 Å². The molecule has 0 radical (unpaired) electrons. The molecule has 0 spiro atoms. The van der Waals surface area contributed by atoms with Crippen LogP contribution in [0.15, 0.2) is 21.2 Å². The molecule has 1 fully saturated rings. The highest BCUT2D eigenvalue weighted by Gasteiger charge is 2.47. The van der Waals surface area contributed by atoms with Gasteiger partial charge in [0.1, 0.15) is 5.76 Å². The van der Waals surface area contributed by atoms with Crippen molar-refractivity contribution in [1.29, 1.82) is 0 Å². The van der Waals surface area contributed by atoms with Crippen LogP contribution in [0.3, 0.4) is 0 Å². The molecule has 1 N–H and O–H groups in total. The van der Waals surface area contributed by atoms with E-state index in [0.717, 1.165) is 16.8 Å². The molecular weight excluding hydrogens is 242 g/mol. The highest BCUT2D eigenvalue weighted by molar-refractivity contribution is 9.10. The van der Waals surface area contributed by atoms with E-state index in [-0.39, 0.29) is 0 Å². The Bertz CT molecular complexity index is 317. The van der Waals surface area contributed by atoms with Crippen LogP contribution in [0.25, 0.3) is 0 Å². The minimum absolute atomic E-state index is 0.358. The van der Waals surface area contributed by atoms with Crippen LogP contribution in [0, 0.1) is 5.41 Å². The lowest BCUT2D eigenvalue weighted by atomic mass is 9.96. The van der Waals surface area contributed by atoms with Crippen molar-refractivity contribution < 1.29 is 4.42 Å². The molecule has 2 rings (SSSR count). The number of hydrogen-bond donors (Lipinski definition) is 1. The maximum Gasteiger partial charge on any atom is 0.135 e. The number of hydrogen-bond acceptors (Lipinski definition) is 2. The summed E-state index contributed by atoms with van der Waals surface area (Å²) in [5.41, 5.74) is 0.399. The number of rotatable bonds is 4. The molecule has 78 valence electrons. The van der Waals surface area contributed by atoms with Gasteiger partial charge >= 0.3 is 0 Å². The maximum atomic E-state index is 5.54. The predicted octanol–water partition coefficient (Wildman–Crippen LogP) is 3.49. The third kappa shape index (κ3) is 1.75. The summed E-state index contributed by atoms with van der Waals surface area (Å²) in [6.07, 6.45) is 4.32. The molecule has 1 atom stereocenters. The molecule has 1 heterocycles. The van der Waals surface area contributed by atoms with E-state index in [0.29, 0.717) is 11.5 Å². The van der Waals surface area contributed by atoms with Gasteiger partial charge in [0.25, 0.3) is 0 Å². The van der Waals surface area contributed by atoms with Crippen LogP contribution >= 0.6 is 15.9 Å². The predicted molar refractivity (Wildman–Crippen MR) is 60.2 cm³/mol. The molecule has 1 saturated carbocycles. The molecule has 1 aliphatic rings. The Morgan fingerprint density at radius 2 is 2.36 bits per heavy atom. The third-order valence-electron chi connectivity index (χ3n) is 3.05. The highest BCUT2D eigenvalue weighted by atomic mass is 79.9. The van der Waals surface area contributed by atoms with Gasteiger partial charge in [-0.3, -0.25) is 0 Å². The van der Waals surface area contributed by atoms with Crippen LogP contribution in [0.1, 0.15) is 38.5 Å². The molecule has 0 aromatic carbocycles. The zero-order valence-electron chi connectivity index (χ0n) is 8.64. The van der Waals surface area contributed by atoms with Gasteiger partial charge in [0.15, 0.2) is 0 Å². The Kier molecular flexibility index (Phi) is 2.71. The fourth-order valence-electron chi connectivity index (χ4n) is 1.86. The van der Waals surface area contributed by atoms with Gasteiger partial charge in [0.2, 0.25) is 0 Å². The topological polar surface area (TPSA) is 25.2 Å². The van der Waals surface area contributed by atoms with E-state index in [1.54, 1.807) is 6.26 Å². The Hall–Kier alpha value is -0.280. The summed E-state index contributed by atoms with van der Waals surface area (Å²) >= 11 is 3.52. The molecule has 0 amide bonds. The lowest BCUT2D eigenvalue weighted by molar-refractivity contribution is 0.312. The second-order valence-electron chi connectivity index (χ2n) is 4.28. The van der Waals surface area contributed by atoms with E-state index in [4.69, 9.17) is 4.42 Å². The molecule has 0 bridgehead atoms. The van der Waals surface area contributed by atoms with Crippen LogP contribution in [-0.4, -0.2) is 6.54 Å². The second kappa shape index (κ2) is 3.70. The summed E-state index contributed by atoms with van der Waals surface area (Å²) in [6, 6.07) is 2.32. The van der Waals surface area contributed by atoms with Crippen LogP contribution in [0.2, 0.25) is 0 Å². The minimum atomic E-state index is 0.358. The van der Waals surface area contributed by atoms with Gasteiger partial charge < -0.3 is 9.73 Å². The van der Waals surface area contributed by atoms with Crippen molar-refractivity contribution in [3.63, 3.8) is 0 Å². The van der Waals surface area contributed by atoms with Gasteiger partial charge in [0, 0.05) is 0 Å². The van der Waals surface area contributed by atoms with Gasteiger partial charge in [-0.2, -0.15) is 0 Å². The van der Waals surface area contributed by atoms with Crippen molar-refractivity contribution in [2.24, 2.45) is 5.41 Å². The molecule has 1 aromatic rings.